The van der Waals surface area contributed by atoms with Crippen molar-refractivity contribution < 1.29 is 0 Å². The van der Waals surface area contributed by atoms with Gasteiger partial charge in [-0.1, -0.05) is 11.6 Å². The fraction of sp³-hybridized carbons (Fsp3) is 0.524. The molecule has 6 nitrogen and oxygen atoms in total. The van der Waals surface area contributed by atoms with Crippen LogP contribution in [0, 0.1) is 36.0 Å². The lowest BCUT2D eigenvalue weighted by Crippen LogP contribution is -2.35. The van der Waals surface area contributed by atoms with E-state index in [-0.39, 0.29) is 0 Å². The van der Waals surface area contributed by atoms with Crippen LogP contribution in [0.5, 0.6) is 0 Å². The van der Waals surface area contributed by atoms with E-state index in [9.17, 15) is 0 Å². The van der Waals surface area contributed by atoms with Crippen LogP contribution in [0.3, 0.4) is 0 Å². The van der Waals surface area contributed by atoms with Crippen molar-refractivity contribution in [2.45, 2.75) is 32.6 Å². The molecule has 2 aromatic rings. The third kappa shape index (κ3) is 4.53. The Labute approximate surface area is 171 Å². The summed E-state index contributed by atoms with van der Waals surface area (Å²) in [4.78, 5) is 15.1. The first-order valence-corrected chi connectivity index (χ1v) is 10.4. The average Bonchev–Trinajstić information content (AvgIpc) is 3.48. The molecule has 0 unspecified atom stereocenters. The average molecular weight is 397 g/mol. The molecule has 0 aromatic carbocycles. The summed E-state index contributed by atoms with van der Waals surface area (Å²) in [5, 5.41) is 13.1. The van der Waals surface area contributed by atoms with Gasteiger partial charge in [0.2, 0.25) is 5.95 Å². The van der Waals surface area contributed by atoms with Crippen molar-refractivity contribution in [3.63, 3.8) is 0 Å². The second kappa shape index (κ2) is 8.32. The molecule has 1 N–H and O–H groups in total. The first-order chi connectivity index (χ1) is 13.6. The summed E-state index contributed by atoms with van der Waals surface area (Å²) in [5.41, 5.74) is 2.35. The molecular weight excluding hydrogens is 372 g/mol. The SMILES string of the molecule is Cc1cc(NCC[C@@H]2C[C@@H]2C2CCN(c3ncc(Cl)cn3)CC2)cc(C#N)n1. The Morgan fingerprint density at radius 3 is 2.71 bits per heavy atom. The Balaban J connectivity index is 1.20. The number of anilines is 2. The first-order valence-electron chi connectivity index (χ1n) is 9.97. The van der Waals surface area contributed by atoms with E-state index in [4.69, 9.17) is 16.9 Å². The van der Waals surface area contributed by atoms with Crippen LogP contribution in [0.25, 0.3) is 0 Å². The van der Waals surface area contributed by atoms with Gasteiger partial charge in [-0.25, -0.2) is 15.0 Å². The van der Waals surface area contributed by atoms with Crippen molar-refractivity contribution in [2.24, 2.45) is 17.8 Å². The Bertz CT molecular complexity index is 854. The molecule has 0 spiro atoms. The number of rotatable bonds is 6. The minimum absolute atomic E-state index is 0.475. The van der Waals surface area contributed by atoms with Crippen LogP contribution in [0.4, 0.5) is 11.6 Å². The molecule has 2 aromatic heterocycles. The number of nitriles is 1. The molecule has 1 aliphatic carbocycles. The molecule has 3 heterocycles. The number of nitrogens with one attached hydrogen (secondary N) is 1. The Morgan fingerprint density at radius 2 is 2.00 bits per heavy atom. The maximum Gasteiger partial charge on any atom is 0.225 e. The highest BCUT2D eigenvalue weighted by Crippen LogP contribution is 2.49. The number of halogens is 1. The quantitative estimate of drug-likeness (QED) is 0.793. The zero-order valence-electron chi connectivity index (χ0n) is 16.1. The van der Waals surface area contributed by atoms with Crippen molar-refractivity contribution in [1.29, 1.82) is 5.26 Å². The van der Waals surface area contributed by atoms with Crippen molar-refractivity contribution in [2.75, 3.05) is 29.9 Å². The van der Waals surface area contributed by atoms with Crippen LogP contribution in [0.2, 0.25) is 5.02 Å². The van der Waals surface area contributed by atoms with Crippen molar-refractivity contribution in [3.8, 4) is 6.07 Å². The van der Waals surface area contributed by atoms with Gasteiger partial charge in [-0.15, -0.1) is 0 Å². The molecular formula is C21H25ClN6. The minimum atomic E-state index is 0.475. The third-order valence-electron chi connectivity index (χ3n) is 5.92. The van der Waals surface area contributed by atoms with Gasteiger partial charge < -0.3 is 10.2 Å². The van der Waals surface area contributed by atoms with E-state index in [1.165, 1.54) is 25.7 Å². The van der Waals surface area contributed by atoms with E-state index in [0.717, 1.165) is 54.7 Å². The number of aromatic nitrogens is 3. The van der Waals surface area contributed by atoms with Crippen LogP contribution >= 0.6 is 11.6 Å². The summed E-state index contributed by atoms with van der Waals surface area (Å²) < 4.78 is 0. The molecule has 2 aliphatic rings. The van der Waals surface area contributed by atoms with Gasteiger partial charge in [0.1, 0.15) is 11.8 Å². The topological polar surface area (TPSA) is 77.7 Å². The number of piperidine rings is 1. The van der Waals surface area contributed by atoms with Crippen LogP contribution in [0.1, 0.15) is 37.1 Å². The zero-order chi connectivity index (χ0) is 19.5. The maximum atomic E-state index is 9.04. The number of pyridine rings is 1. The smallest absolute Gasteiger partial charge is 0.225 e. The lowest BCUT2D eigenvalue weighted by molar-refractivity contribution is 0.343. The van der Waals surface area contributed by atoms with Gasteiger partial charge in [-0.05, 0) is 62.5 Å². The van der Waals surface area contributed by atoms with E-state index in [1.807, 2.05) is 19.1 Å². The van der Waals surface area contributed by atoms with Gasteiger partial charge in [0.05, 0.1) is 17.4 Å². The normalized spacial score (nSPS) is 22.0. The van der Waals surface area contributed by atoms with E-state index < -0.39 is 0 Å². The van der Waals surface area contributed by atoms with E-state index in [1.54, 1.807) is 12.4 Å². The lowest BCUT2D eigenvalue weighted by atomic mass is 9.90. The molecule has 28 heavy (non-hydrogen) atoms. The van der Waals surface area contributed by atoms with Gasteiger partial charge in [-0.2, -0.15) is 5.26 Å². The highest BCUT2D eigenvalue weighted by atomic mass is 35.5. The van der Waals surface area contributed by atoms with Crippen LogP contribution < -0.4 is 10.2 Å². The summed E-state index contributed by atoms with van der Waals surface area (Å²) in [6, 6.07) is 5.94. The summed E-state index contributed by atoms with van der Waals surface area (Å²) in [5.74, 6) is 3.31. The van der Waals surface area contributed by atoms with E-state index in [0.29, 0.717) is 10.7 Å². The Hall–Kier alpha value is -2.39. The summed E-state index contributed by atoms with van der Waals surface area (Å²) in [7, 11) is 0. The second-order valence-corrected chi connectivity index (χ2v) is 8.33. The van der Waals surface area contributed by atoms with Crippen molar-refractivity contribution >= 4 is 23.2 Å². The Kier molecular flexibility index (Phi) is 5.63. The highest BCUT2D eigenvalue weighted by molar-refractivity contribution is 6.30. The molecule has 1 saturated heterocycles. The molecule has 1 saturated carbocycles. The number of hydrogen-bond donors (Lipinski definition) is 1. The van der Waals surface area contributed by atoms with Gasteiger partial charge in [0.15, 0.2) is 0 Å². The number of hydrogen-bond acceptors (Lipinski definition) is 6. The molecule has 0 radical (unpaired) electrons. The standard InChI is InChI=1S/C21H25ClN6/c1-14-8-18(10-19(11-23)27-14)24-5-2-16-9-20(16)15-3-6-28(7-4-15)21-25-12-17(22)13-26-21/h8,10,12-13,15-16,20H,2-7,9H2,1H3,(H,24,27)/t16-,20-/m1/s1. The zero-order valence-corrected chi connectivity index (χ0v) is 16.9. The van der Waals surface area contributed by atoms with E-state index >= 15 is 0 Å². The molecule has 146 valence electrons. The number of aryl methyl sites for hydroxylation is 1. The molecule has 7 heteroatoms. The van der Waals surface area contributed by atoms with Crippen molar-refractivity contribution in [3.05, 3.63) is 40.9 Å². The summed E-state index contributed by atoms with van der Waals surface area (Å²) in [6.07, 6.45) is 8.32. The highest BCUT2D eigenvalue weighted by Gasteiger charge is 2.43. The monoisotopic (exact) mass is 396 g/mol. The van der Waals surface area contributed by atoms with Gasteiger partial charge in [0.25, 0.3) is 0 Å². The van der Waals surface area contributed by atoms with Crippen LogP contribution in [-0.2, 0) is 0 Å². The molecule has 1 aliphatic heterocycles. The third-order valence-corrected chi connectivity index (χ3v) is 6.12. The molecule has 2 fully saturated rings. The van der Waals surface area contributed by atoms with E-state index in [2.05, 4.69) is 31.2 Å². The largest absolute Gasteiger partial charge is 0.385 e. The van der Waals surface area contributed by atoms with Gasteiger partial charge in [0, 0.05) is 31.0 Å². The minimum Gasteiger partial charge on any atom is -0.385 e. The summed E-state index contributed by atoms with van der Waals surface area (Å²) in [6.45, 7) is 4.93. The van der Waals surface area contributed by atoms with Crippen LogP contribution in [-0.4, -0.2) is 34.6 Å². The molecule has 2 atom stereocenters. The fourth-order valence-corrected chi connectivity index (χ4v) is 4.50. The number of nitrogens with zero attached hydrogens (tertiary/aromatic N) is 5. The van der Waals surface area contributed by atoms with Gasteiger partial charge in [-0.3, -0.25) is 0 Å². The first kappa shape index (κ1) is 18.9. The fourth-order valence-electron chi connectivity index (χ4n) is 4.41. The molecule has 0 bridgehead atoms. The van der Waals surface area contributed by atoms with Crippen molar-refractivity contribution in [1.82, 2.24) is 15.0 Å². The predicted octanol–water partition coefficient (Wildman–Crippen LogP) is 4.06. The summed E-state index contributed by atoms with van der Waals surface area (Å²) >= 11 is 5.88. The van der Waals surface area contributed by atoms with Gasteiger partial charge >= 0.3 is 0 Å². The molecule has 0 amide bonds. The molecule has 4 rings (SSSR count). The Morgan fingerprint density at radius 1 is 1.25 bits per heavy atom. The maximum absolute atomic E-state index is 9.04. The lowest BCUT2D eigenvalue weighted by Gasteiger charge is -2.32. The van der Waals surface area contributed by atoms with Crippen LogP contribution in [0.15, 0.2) is 24.5 Å². The second-order valence-electron chi connectivity index (χ2n) is 7.90. The predicted molar refractivity (Wildman–Crippen MR) is 110 cm³/mol.